The molecular formula is C31H32F2N4O3. The van der Waals surface area contributed by atoms with Crippen LogP contribution in [0.4, 0.5) is 8.78 Å². The van der Waals surface area contributed by atoms with E-state index in [1.54, 1.807) is 17.3 Å². The second-order valence-electron chi connectivity index (χ2n) is 8.68. The molecule has 0 unspecified atom stereocenters. The van der Waals surface area contributed by atoms with Gasteiger partial charge >= 0.3 is 0 Å². The second-order valence-corrected chi connectivity index (χ2v) is 8.68. The lowest BCUT2D eigenvalue weighted by molar-refractivity contribution is 0.0697. The van der Waals surface area contributed by atoms with Crippen molar-refractivity contribution in [1.29, 1.82) is 0 Å². The number of terminal acetylenes is 1. The van der Waals surface area contributed by atoms with Gasteiger partial charge in [0.2, 0.25) is 11.7 Å². The average molecular weight is 547 g/mol. The van der Waals surface area contributed by atoms with Crippen LogP contribution < -0.4 is 4.74 Å². The Morgan fingerprint density at radius 2 is 2.05 bits per heavy atom. The third kappa shape index (κ3) is 7.03. The number of nitrogens with zero attached hydrogens (tertiary/aromatic N) is 3. The minimum atomic E-state index is -0.714. The number of aromatic nitrogens is 3. The molecule has 208 valence electrons. The van der Waals surface area contributed by atoms with E-state index in [1.165, 1.54) is 0 Å². The van der Waals surface area contributed by atoms with Crippen LogP contribution in [-0.4, -0.2) is 32.3 Å². The number of fused-ring (bicyclic) bond motifs is 1. The highest BCUT2D eigenvalue weighted by molar-refractivity contribution is 5.93. The summed E-state index contributed by atoms with van der Waals surface area (Å²) in [7, 11) is 0. The first-order valence-corrected chi connectivity index (χ1v) is 12.9. The SMILES string of the molecule is C#Cc1c(F)ccc(F)c1OC=C.C=C/C=C\C=C(/CCC)c1nc(CC)c(C(=O)N2CCc3nc[nH]c3C2)o1. The number of halogens is 2. The molecule has 3 aromatic rings. The van der Waals surface area contributed by atoms with E-state index < -0.39 is 11.6 Å². The molecule has 0 saturated heterocycles. The van der Waals surface area contributed by atoms with E-state index in [0.29, 0.717) is 36.9 Å². The van der Waals surface area contributed by atoms with Crippen LogP contribution >= 0.6 is 0 Å². The van der Waals surface area contributed by atoms with Crippen molar-refractivity contribution in [2.75, 3.05) is 6.54 Å². The van der Waals surface area contributed by atoms with Crippen LogP contribution in [0.5, 0.6) is 5.75 Å². The van der Waals surface area contributed by atoms with Gasteiger partial charge in [0.15, 0.2) is 11.6 Å². The van der Waals surface area contributed by atoms with Crippen molar-refractivity contribution in [2.24, 2.45) is 0 Å². The summed E-state index contributed by atoms with van der Waals surface area (Å²) < 4.78 is 36.5. The fraction of sp³-hybridized carbons (Fsp3) is 0.258. The van der Waals surface area contributed by atoms with Gasteiger partial charge in [0.25, 0.3) is 5.91 Å². The molecule has 0 atom stereocenters. The van der Waals surface area contributed by atoms with Crippen molar-refractivity contribution in [2.45, 2.75) is 46.1 Å². The number of allylic oxidation sites excluding steroid dienone is 5. The van der Waals surface area contributed by atoms with Gasteiger partial charge in [-0.3, -0.25) is 4.79 Å². The Labute approximate surface area is 233 Å². The summed E-state index contributed by atoms with van der Waals surface area (Å²) >= 11 is 0. The Morgan fingerprint density at radius 3 is 2.73 bits per heavy atom. The molecule has 1 N–H and O–H groups in total. The number of amides is 1. The Morgan fingerprint density at radius 1 is 1.27 bits per heavy atom. The number of hydrogen-bond acceptors (Lipinski definition) is 5. The number of benzene rings is 1. The highest BCUT2D eigenvalue weighted by Crippen LogP contribution is 2.26. The first-order valence-electron chi connectivity index (χ1n) is 12.9. The standard InChI is InChI=1S/C21H26N4O2.C10H6F2O/c1-4-7-8-10-15(9-5-2)20-24-16(6-3)19(27-20)21(26)25-12-11-17-18(13-25)23-14-22-17;1-3-7-8(11)5-6-9(12)10(7)13-4-2/h4,7-8,10,14H,1,5-6,9,11-13H2,2-3H3,(H,22,23);1,4-6H,2H2/b8-7-,15-10+;. The number of carbonyl (C=O) groups excluding carboxylic acids is 1. The average Bonchev–Trinajstić information content (AvgIpc) is 3.62. The van der Waals surface area contributed by atoms with Crippen LogP contribution in [0.1, 0.15) is 65.8 Å². The molecule has 0 fully saturated rings. The number of aryl methyl sites for hydroxylation is 1. The topological polar surface area (TPSA) is 84.2 Å². The van der Waals surface area contributed by atoms with E-state index in [4.69, 9.17) is 10.8 Å². The van der Waals surface area contributed by atoms with Gasteiger partial charge in [0.1, 0.15) is 11.4 Å². The molecule has 1 aromatic carbocycles. The molecule has 4 rings (SSSR count). The lowest BCUT2D eigenvalue weighted by atomic mass is 10.1. The maximum absolute atomic E-state index is 13.1. The first kappa shape index (κ1) is 29.8. The summed E-state index contributed by atoms with van der Waals surface area (Å²) in [6.07, 6.45) is 18.3. The third-order valence-corrected chi connectivity index (χ3v) is 6.03. The van der Waals surface area contributed by atoms with Crippen molar-refractivity contribution in [3.8, 4) is 18.1 Å². The first-order chi connectivity index (χ1) is 19.4. The molecule has 9 heteroatoms. The number of aromatic amines is 1. The minimum absolute atomic E-state index is 0.108. The summed E-state index contributed by atoms with van der Waals surface area (Å²) in [6, 6.07) is 1.88. The summed E-state index contributed by atoms with van der Waals surface area (Å²) in [5, 5.41) is 0. The zero-order chi connectivity index (χ0) is 29.1. The predicted molar refractivity (Wildman–Crippen MR) is 150 cm³/mol. The number of carbonyl (C=O) groups is 1. The number of rotatable bonds is 9. The summed E-state index contributed by atoms with van der Waals surface area (Å²) in [5.74, 6) is 1.06. The minimum Gasteiger partial charge on any atom is -0.461 e. The van der Waals surface area contributed by atoms with Crippen LogP contribution in [0.15, 0.2) is 66.6 Å². The van der Waals surface area contributed by atoms with Gasteiger partial charge in [-0.25, -0.2) is 18.7 Å². The lowest BCUT2D eigenvalue weighted by Crippen LogP contribution is -2.36. The molecule has 40 heavy (non-hydrogen) atoms. The summed E-state index contributed by atoms with van der Waals surface area (Å²) in [4.78, 5) is 26.9. The Hall–Kier alpha value is -4.71. The smallest absolute Gasteiger partial charge is 0.291 e. The zero-order valence-electron chi connectivity index (χ0n) is 22.7. The quantitative estimate of drug-likeness (QED) is 0.187. The van der Waals surface area contributed by atoms with E-state index in [2.05, 4.69) is 39.8 Å². The predicted octanol–water partition coefficient (Wildman–Crippen LogP) is 6.55. The van der Waals surface area contributed by atoms with Crippen LogP contribution in [0.25, 0.3) is 5.57 Å². The third-order valence-electron chi connectivity index (χ3n) is 6.03. The number of ether oxygens (including phenoxy) is 1. The molecule has 0 aliphatic carbocycles. The van der Waals surface area contributed by atoms with Crippen molar-refractivity contribution in [1.82, 2.24) is 19.9 Å². The number of hydrogen-bond donors (Lipinski definition) is 1. The van der Waals surface area contributed by atoms with Gasteiger partial charge in [0.05, 0.1) is 36.2 Å². The molecular weight excluding hydrogens is 514 g/mol. The molecule has 3 heterocycles. The largest absolute Gasteiger partial charge is 0.461 e. The van der Waals surface area contributed by atoms with Gasteiger partial charge in [-0.1, -0.05) is 63.7 Å². The lowest BCUT2D eigenvalue weighted by Gasteiger charge is -2.25. The zero-order valence-corrected chi connectivity index (χ0v) is 22.7. The van der Waals surface area contributed by atoms with Gasteiger partial charge < -0.3 is 19.0 Å². The Bertz CT molecular complexity index is 1460. The number of H-pyrrole nitrogens is 1. The highest BCUT2D eigenvalue weighted by atomic mass is 19.1. The van der Waals surface area contributed by atoms with E-state index in [-0.39, 0.29) is 17.2 Å². The molecule has 0 saturated carbocycles. The number of oxazole rings is 1. The molecule has 1 aliphatic rings. The molecule has 7 nitrogen and oxygen atoms in total. The van der Waals surface area contributed by atoms with E-state index in [9.17, 15) is 13.6 Å². The molecule has 1 aliphatic heterocycles. The highest BCUT2D eigenvalue weighted by Gasteiger charge is 2.28. The van der Waals surface area contributed by atoms with Crippen LogP contribution in [-0.2, 0) is 19.4 Å². The van der Waals surface area contributed by atoms with Gasteiger partial charge in [0, 0.05) is 18.5 Å². The van der Waals surface area contributed by atoms with Crippen LogP contribution in [0.2, 0.25) is 0 Å². The van der Waals surface area contributed by atoms with Crippen LogP contribution in [0.3, 0.4) is 0 Å². The molecule has 2 aromatic heterocycles. The van der Waals surface area contributed by atoms with Gasteiger partial charge in [-0.2, -0.15) is 0 Å². The van der Waals surface area contributed by atoms with E-state index in [1.807, 2.05) is 31.1 Å². The van der Waals surface area contributed by atoms with E-state index >= 15 is 0 Å². The van der Waals surface area contributed by atoms with Crippen molar-refractivity contribution in [3.63, 3.8) is 0 Å². The Balaban J connectivity index is 0.000000285. The normalized spacial score (nSPS) is 12.8. The summed E-state index contributed by atoms with van der Waals surface area (Å²) in [6.45, 7) is 12.2. The van der Waals surface area contributed by atoms with Gasteiger partial charge in [-0.15, -0.1) is 6.42 Å². The van der Waals surface area contributed by atoms with Crippen molar-refractivity contribution < 1.29 is 22.7 Å². The molecule has 1 amide bonds. The monoisotopic (exact) mass is 546 g/mol. The number of imidazole rings is 1. The van der Waals surface area contributed by atoms with Crippen molar-refractivity contribution >= 4 is 11.5 Å². The number of nitrogens with one attached hydrogen (secondary N) is 1. The molecule has 0 bridgehead atoms. The van der Waals surface area contributed by atoms with Crippen LogP contribution in [0, 0.1) is 24.0 Å². The summed E-state index contributed by atoms with van der Waals surface area (Å²) in [5.41, 5.74) is 3.49. The molecule has 0 spiro atoms. The second kappa shape index (κ2) is 14.4. The van der Waals surface area contributed by atoms with Crippen molar-refractivity contribution in [3.05, 3.63) is 108 Å². The maximum atomic E-state index is 13.1. The fourth-order valence-corrected chi connectivity index (χ4v) is 4.07. The van der Waals surface area contributed by atoms with E-state index in [0.717, 1.165) is 54.6 Å². The fourth-order valence-electron chi connectivity index (χ4n) is 4.07. The van der Waals surface area contributed by atoms with Gasteiger partial charge in [-0.05, 0) is 25.0 Å². The molecule has 0 radical (unpaired) electrons. The maximum Gasteiger partial charge on any atom is 0.291 e. The Kier molecular flexibility index (Phi) is 10.8.